The first-order chi connectivity index (χ1) is 13.8. The van der Waals surface area contributed by atoms with E-state index >= 15 is 0 Å². The van der Waals surface area contributed by atoms with Crippen LogP contribution in [0.5, 0.6) is 5.75 Å². The number of rotatable bonds is 7. The van der Waals surface area contributed by atoms with E-state index in [9.17, 15) is 13.2 Å². The van der Waals surface area contributed by atoms with E-state index in [-0.39, 0.29) is 30.3 Å². The summed E-state index contributed by atoms with van der Waals surface area (Å²) in [6.45, 7) is 7.91. The van der Waals surface area contributed by atoms with E-state index in [2.05, 4.69) is 18.8 Å². The Balaban J connectivity index is 1.58. The van der Waals surface area contributed by atoms with Crippen molar-refractivity contribution in [3.05, 3.63) is 40.3 Å². The van der Waals surface area contributed by atoms with E-state index in [0.717, 1.165) is 10.7 Å². The molecule has 0 aliphatic carbocycles. The molecule has 0 spiro atoms. The van der Waals surface area contributed by atoms with Gasteiger partial charge in [0, 0.05) is 37.5 Å². The van der Waals surface area contributed by atoms with Crippen molar-refractivity contribution in [2.24, 2.45) is 0 Å². The molecular weight excluding hydrogens is 410 g/mol. The first kappa shape index (κ1) is 21.7. The molecule has 1 aliphatic rings. The number of hydrogen-bond acceptors (Lipinski definition) is 6. The number of ether oxygens (including phenoxy) is 1. The molecule has 7 nitrogen and oxygen atoms in total. The minimum Gasteiger partial charge on any atom is -0.494 e. The number of benzene rings is 1. The van der Waals surface area contributed by atoms with Crippen LogP contribution < -0.4 is 4.74 Å². The van der Waals surface area contributed by atoms with Crippen molar-refractivity contribution in [1.82, 2.24) is 14.2 Å². The topological polar surface area (TPSA) is 79.8 Å². The molecule has 1 aliphatic heterocycles. The number of thiazole rings is 1. The highest BCUT2D eigenvalue weighted by atomic mass is 32.2. The van der Waals surface area contributed by atoms with Crippen LogP contribution in [-0.2, 0) is 21.2 Å². The minimum absolute atomic E-state index is 0.0104. The smallest absolute Gasteiger partial charge is 0.243 e. The molecule has 0 radical (unpaired) electrons. The second kappa shape index (κ2) is 9.23. The van der Waals surface area contributed by atoms with Crippen LogP contribution in [0.3, 0.4) is 0 Å². The standard InChI is InChI=1S/C20H27N3O4S2/c1-4-27-17-5-7-18(8-6-17)29(25,26)23-11-9-22(10-12-23)19(24)13-16-14-28-20(21-16)15(2)3/h5-8,14-15H,4,9-13H2,1-3H3. The van der Waals surface area contributed by atoms with Gasteiger partial charge in [-0.3, -0.25) is 4.79 Å². The molecule has 9 heteroatoms. The highest BCUT2D eigenvalue weighted by Crippen LogP contribution is 2.22. The number of amides is 1. The zero-order chi connectivity index (χ0) is 21.0. The van der Waals surface area contributed by atoms with Crippen molar-refractivity contribution < 1.29 is 17.9 Å². The molecule has 0 atom stereocenters. The Hall–Kier alpha value is -1.97. The first-order valence-electron chi connectivity index (χ1n) is 9.76. The summed E-state index contributed by atoms with van der Waals surface area (Å²) >= 11 is 1.57. The van der Waals surface area contributed by atoms with Gasteiger partial charge in [-0.15, -0.1) is 11.3 Å². The summed E-state index contributed by atoms with van der Waals surface area (Å²) in [6, 6.07) is 6.45. The van der Waals surface area contributed by atoms with Crippen LogP contribution in [0, 0.1) is 0 Å². The molecule has 1 saturated heterocycles. The van der Waals surface area contributed by atoms with Crippen LogP contribution in [0.1, 0.15) is 37.4 Å². The van der Waals surface area contributed by atoms with Crippen LogP contribution in [0.15, 0.2) is 34.5 Å². The van der Waals surface area contributed by atoms with Crippen molar-refractivity contribution in [3.63, 3.8) is 0 Å². The van der Waals surface area contributed by atoms with Gasteiger partial charge in [-0.25, -0.2) is 13.4 Å². The molecular formula is C20H27N3O4S2. The second-order valence-electron chi connectivity index (χ2n) is 7.20. The second-order valence-corrected chi connectivity index (χ2v) is 10.0. The fourth-order valence-corrected chi connectivity index (χ4v) is 5.39. The van der Waals surface area contributed by atoms with Gasteiger partial charge in [-0.1, -0.05) is 13.8 Å². The zero-order valence-electron chi connectivity index (χ0n) is 17.0. The number of carbonyl (C=O) groups is 1. The van der Waals surface area contributed by atoms with Crippen molar-refractivity contribution in [2.75, 3.05) is 32.8 Å². The molecule has 0 unspecified atom stereocenters. The highest BCUT2D eigenvalue weighted by molar-refractivity contribution is 7.89. The molecule has 2 heterocycles. The van der Waals surface area contributed by atoms with E-state index in [4.69, 9.17) is 4.74 Å². The fourth-order valence-electron chi connectivity index (χ4n) is 3.14. The quantitative estimate of drug-likeness (QED) is 0.665. The first-order valence-corrected chi connectivity index (χ1v) is 12.1. The van der Waals surface area contributed by atoms with Gasteiger partial charge < -0.3 is 9.64 Å². The zero-order valence-corrected chi connectivity index (χ0v) is 18.6. The fraction of sp³-hybridized carbons (Fsp3) is 0.500. The molecule has 1 aromatic carbocycles. The Bertz CT molecular complexity index is 931. The lowest BCUT2D eigenvalue weighted by molar-refractivity contribution is -0.131. The predicted octanol–water partition coefficient (Wildman–Crippen LogP) is 2.74. The molecule has 0 bridgehead atoms. The summed E-state index contributed by atoms with van der Waals surface area (Å²) in [6.07, 6.45) is 0.259. The van der Waals surface area contributed by atoms with E-state index in [1.165, 1.54) is 4.31 Å². The van der Waals surface area contributed by atoms with Crippen LogP contribution in [0.25, 0.3) is 0 Å². The lowest BCUT2D eigenvalue weighted by Crippen LogP contribution is -2.50. The van der Waals surface area contributed by atoms with Crippen molar-refractivity contribution in [2.45, 2.75) is 38.0 Å². The Morgan fingerprint density at radius 3 is 2.38 bits per heavy atom. The van der Waals surface area contributed by atoms with Crippen LogP contribution >= 0.6 is 11.3 Å². The molecule has 1 aromatic heterocycles. The molecule has 3 rings (SSSR count). The average Bonchev–Trinajstić information content (AvgIpc) is 3.17. The Labute approximate surface area is 176 Å². The summed E-state index contributed by atoms with van der Waals surface area (Å²) in [7, 11) is -3.58. The number of sulfonamides is 1. The summed E-state index contributed by atoms with van der Waals surface area (Å²) < 4.78 is 32.5. The Morgan fingerprint density at radius 1 is 1.17 bits per heavy atom. The van der Waals surface area contributed by atoms with Gasteiger partial charge in [0.25, 0.3) is 0 Å². The minimum atomic E-state index is -3.58. The molecule has 1 amide bonds. The Kier molecular flexibility index (Phi) is 6.92. The third kappa shape index (κ3) is 5.15. The van der Waals surface area contributed by atoms with Gasteiger partial charge in [-0.05, 0) is 31.2 Å². The molecule has 1 fully saturated rings. The molecule has 29 heavy (non-hydrogen) atoms. The molecule has 0 saturated carbocycles. The number of piperazine rings is 1. The van der Waals surface area contributed by atoms with Crippen LogP contribution in [0.4, 0.5) is 0 Å². The maximum absolute atomic E-state index is 12.9. The lowest BCUT2D eigenvalue weighted by atomic mass is 10.2. The van der Waals surface area contributed by atoms with Crippen molar-refractivity contribution in [1.29, 1.82) is 0 Å². The number of carbonyl (C=O) groups excluding carboxylic acids is 1. The van der Waals surface area contributed by atoms with Crippen molar-refractivity contribution in [3.8, 4) is 5.75 Å². The van der Waals surface area contributed by atoms with E-state index in [1.54, 1.807) is 40.5 Å². The monoisotopic (exact) mass is 437 g/mol. The summed E-state index contributed by atoms with van der Waals surface area (Å²) in [4.78, 5) is 19.1. The average molecular weight is 438 g/mol. The van der Waals surface area contributed by atoms with Crippen LogP contribution in [-0.4, -0.2) is 61.3 Å². The van der Waals surface area contributed by atoms with Gasteiger partial charge in [0.2, 0.25) is 15.9 Å². The van der Waals surface area contributed by atoms with Gasteiger partial charge >= 0.3 is 0 Å². The van der Waals surface area contributed by atoms with Gasteiger partial charge in [-0.2, -0.15) is 4.31 Å². The lowest BCUT2D eigenvalue weighted by Gasteiger charge is -2.34. The van der Waals surface area contributed by atoms with E-state index in [1.807, 2.05) is 12.3 Å². The van der Waals surface area contributed by atoms with Crippen LogP contribution in [0.2, 0.25) is 0 Å². The van der Waals surface area contributed by atoms with Gasteiger partial charge in [0.05, 0.1) is 28.6 Å². The number of nitrogens with zero attached hydrogens (tertiary/aromatic N) is 3. The normalized spacial score (nSPS) is 15.7. The molecule has 158 valence electrons. The van der Waals surface area contributed by atoms with Gasteiger partial charge in [0.1, 0.15) is 5.75 Å². The third-order valence-electron chi connectivity index (χ3n) is 4.76. The molecule has 2 aromatic rings. The number of aromatic nitrogens is 1. The number of hydrogen-bond donors (Lipinski definition) is 0. The summed E-state index contributed by atoms with van der Waals surface area (Å²) in [5.74, 6) is 0.980. The predicted molar refractivity (Wildman–Crippen MR) is 113 cm³/mol. The Morgan fingerprint density at radius 2 is 1.83 bits per heavy atom. The largest absolute Gasteiger partial charge is 0.494 e. The summed E-state index contributed by atoms with van der Waals surface area (Å²) in [5.41, 5.74) is 0.785. The van der Waals surface area contributed by atoms with Crippen molar-refractivity contribution >= 4 is 27.3 Å². The van der Waals surface area contributed by atoms with Gasteiger partial charge in [0.15, 0.2) is 0 Å². The maximum atomic E-state index is 12.9. The maximum Gasteiger partial charge on any atom is 0.243 e. The van der Waals surface area contributed by atoms with E-state index < -0.39 is 10.0 Å². The molecule has 0 N–H and O–H groups in total. The van der Waals surface area contributed by atoms with E-state index in [0.29, 0.717) is 31.4 Å². The SMILES string of the molecule is CCOc1ccc(S(=O)(=O)N2CCN(C(=O)Cc3csc(C(C)C)n3)CC2)cc1. The summed E-state index contributed by atoms with van der Waals surface area (Å²) in [5, 5.41) is 2.96. The third-order valence-corrected chi connectivity index (χ3v) is 7.87. The highest BCUT2D eigenvalue weighted by Gasteiger charge is 2.30.